The number of thioether (sulfide) groups is 1. The van der Waals surface area contributed by atoms with E-state index in [1.165, 1.54) is 39.9 Å². The maximum absolute atomic E-state index is 11.7. The van der Waals surface area contributed by atoms with E-state index in [0.29, 0.717) is 10.5 Å². The second-order valence-corrected chi connectivity index (χ2v) is 8.70. The fourth-order valence-electron chi connectivity index (χ4n) is 4.64. The maximum atomic E-state index is 11.7. The SMILES string of the molecule is OC1(c2c3ccccc3cc3ccccc23)CC2CCC(C1)S2. The van der Waals surface area contributed by atoms with Gasteiger partial charge in [-0.15, -0.1) is 0 Å². The smallest absolute Gasteiger partial charge is 0.0929 e. The van der Waals surface area contributed by atoms with Crippen LogP contribution in [0.2, 0.25) is 0 Å². The Morgan fingerprint density at radius 1 is 0.826 bits per heavy atom. The summed E-state index contributed by atoms with van der Waals surface area (Å²) in [4.78, 5) is 0. The van der Waals surface area contributed by atoms with Crippen LogP contribution in [0.1, 0.15) is 31.2 Å². The summed E-state index contributed by atoms with van der Waals surface area (Å²) in [6.07, 6.45) is 4.32. The largest absolute Gasteiger partial charge is 0.385 e. The summed E-state index contributed by atoms with van der Waals surface area (Å²) in [5.41, 5.74) is 0.487. The average Bonchev–Trinajstić information content (AvgIpc) is 2.91. The Morgan fingerprint density at radius 3 is 1.91 bits per heavy atom. The molecule has 2 aliphatic rings. The zero-order valence-corrected chi connectivity index (χ0v) is 13.9. The summed E-state index contributed by atoms with van der Waals surface area (Å²) in [6, 6.07) is 19.3. The van der Waals surface area contributed by atoms with Crippen LogP contribution in [0, 0.1) is 0 Å². The molecule has 2 bridgehead atoms. The monoisotopic (exact) mass is 320 g/mol. The van der Waals surface area contributed by atoms with Gasteiger partial charge in [0.15, 0.2) is 0 Å². The van der Waals surface area contributed by atoms with Crippen molar-refractivity contribution in [1.82, 2.24) is 0 Å². The number of rotatable bonds is 1. The first kappa shape index (κ1) is 13.9. The third kappa shape index (κ3) is 2.12. The van der Waals surface area contributed by atoms with Crippen molar-refractivity contribution in [2.24, 2.45) is 0 Å². The summed E-state index contributed by atoms with van der Waals surface area (Å²) in [6.45, 7) is 0. The molecule has 2 aliphatic heterocycles. The van der Waals surface area contributed by atoms with Gasteiger partial charge in [0.1, 0.15) is 0 Å². The summed E-state index contributed by atoms with van der Waals surface area (Å²) in [7, 11) is 0. The molecule has 116 valence electrons. The topological polar surface area (TPSA) is 20.2 Å². The molecule has 2 heterocycles. The number of benzene rings is 3. The van der Waals surface area contributed by atoms with Crippen LogP contribution in [0.25, 0.3) is 21.5 Å². The lowest BCUT2D eigenvalue weighted by Gasteiger charge is -2.38. The Kier molecular flexibility index (Phi) is 3.01. The quantitative estimate of drug-likeness (QED) is 0.619. The van der Waals surface area contributed by atoms with Crippen LogP contribution >= 0.6 is 11.8 Å². The third-order valence-corrected chi connectivity index (χ3v) is 7.14. The van der Waals surface area contributed by atoms with E-state index in [9.17, 15) is 5.11 Å². The zero-order chi connectivity index (χ0) is 15.4. The average molecular weight is 320 g/mol. The fourth-order valence-corrected chi connectivity index (χ4v) is 6.47. The lowest BCUT2D eigenvalue weighted by Crippen LogP contribution is -2.35. The molecule has 23 heavy (non-hydrogen) atoms. The van der Waals surface area contributed by atoms with Crippen LogP contribution in [0.3, 0.4) is 0 Å². The van der Waals surface area contributed by atoms with Crippen molar-refractivity contribution in [2.45, 2.75) is 41.8 Å². The van der Waals surface area contributed by atoms with Gasteiger partial charge < -0.3 is 5.11 Å². The highest BCUT2D eigenvalue weighted by Gasteiger charge is 2.45. The van der Waals surface area contributed by atoms with Gasteiger partial charge in [0.05, 0.1) is 5.60 Å². The molecule has 0 radical (unpaired) electrons. The molecule has 0 aromatic heterocycles. The van der Waals surface area contributed by atoms with Crippen molar-refractivity contribution < 1.29 is 5.11 Å². The first-order chi connectivity index (χ1) is 11.2. The van der Waals surface area contributed by atoms with Gasteiger partial charge in [0, 0.05) is 10.5 Å². The molecule has 2 saturated heterocycles. The first-order valence-corrected chi connectivity index (χ1v) is 9.46. The van der Waals surface area contributed by atoms with E-state index in [-0.39, 0.29) is 0 Å². The minimum absolute atomic E-state index is 0.622. The van der Waals surface area contributed by atoms with Crippen LogP contribution in [-0.2, 0) is 5.60 Å². The molecular formula is C21H20OS. The molecule has 2 atom stereocenters. The molecule has 2 heteroatoms. The maximum Gasteiger partial charge on any atom is 0.0929 e. The number of hydrogen-bond donors (Lipinski definition) is 1. The molecule has 2 unspecified atom stereocenters. The highest BCUT2D eigenvalue weighted by molar-refractivity contribution is 8.00. The van der Waals surface area contributed by atoms with Gasteiger partial charge >= 0.3 is 0 Å². The highest BCUT2D eigenvalue weighted by Crippen LogP contribution is 2.53. The summed E-state index contributed by atoms with van der Waals surface area (Å²) in [5, 5.41) is 17.9. The van der Waals surface area contributed by atoms with Crippen molar-refractivity contribution in [3.8, 4) is 0 Å². The van der Waals surface area contributed by atoms with Gasteiger partial charge in [0.25, 0.3) is 0 Å². The summed E-state index contributed by atoms with van der Waals surface area (Å²) >= 11 is 2.10. The molecule has 0 aliphatic carbocycles. The predicted molar refractivity (Wildman–Crippen MR) is 99.0 cm³/mol. The first-order valence-electron chi connectivity index (χ1n) is 8.52. The van der Waals surface area contributed by atoms with E-state index in [1.54, 1.807) is 0 Å². The number of hydrogen-bond acceptors (Lipinski definition) is 2. The summed E-state index contributed by atoms with van der Waals surface area (Å²) < 4.78 is 0. The van der Waals surface area contributed by atoms with Crippen molar-refractivity contribution in [1.29, 1.82) is 0 Å². The van der Waals surface area contributed by atoms with E-state index >= 15 is 0 Å². The Labute approximate surface area is 140 Å². The Bertz CT molecular complexity index is 835. The predicted octanol–water partition coefficient (Wildman–Crippen LogP) is 5.24. The van der Waals surface area contributed by atoms with E-state index in [4.69, 9.17) is 0 Å². The summed E-state index contributed by atoms with van der Waals surface area (Å²) in [5.74, 6) is 0. The molecule has 2 fully saturated rings. The lowest BCUT2D eigenvalue weighted by molar-refractivity contribution is 0.0225. The number of aliphatic hydroxyl groups is 1. The van der Waals surface area contributed by atoms with Gasteiger partial charge in [0.2, 0.25) is 0 Å². The molecule has 3 aromatic carbocycles. The minimum Gasteiger partial charge on any atom is -0.385 e. The second-order valence-electron chi connectivity index (χ2n) is 7.09. The van der Waals surface area contributed by atoms with E-state index in [0.717, 1.165) is 12.8 Å². The van der Waals surface area contributed by atoms with Crippen LogP contribution in [0.4, 0.5) is 0 Å². The Hall–Kier alpha value is -1.51. The van der Waals surface area contributed by atoms with Crippen LogP contribution in [0.5, 0.6) is 0 Å². The second kappa shape index (κ2) is 4.99. The van der Waals surface area contributed by atoms with Gasteiger partial charge in [-0.25, -0.2) is 0 Å². The minimum atomic E-state index is -0.683. The van der Waals surface area contributed by atoms with Gasteiger partial charge in [-0.1, -0.05) is 48.5 Å². The van der Waals surface area contributed by atoms with E-state index < -0.39 is 5.60 Å². The highest BCUT2D eigenvalue weighted by atomic mass is 32.2. The normalized spacial score (nSPS) is 30.1. The molecule has 3 aromatic rings. The van der Waals surface area contributed by atoms with Crippen LogP contribution in [-0.4, -0.2) is 15.6 Å². The van der Waals surface area contributed by atoms with Gasteiger partial charge in [-0.2, -0.15) is 11.8 Å². The Balaban J connectivity index is 1.84. The molecular weight excluding hydrogens is 300 g/mol. The standard InChI is InChI=1S/C21H20OS/c22-21(12-16-9-10-17(13-21)23-16)20-18-7-3-1-5-14(18)11-15-6-2-4-8-19(15)20/h1-8,11,16-17,22H,9-10,12-13H2. The molecule has 0 saturated carbocycles. The van der Waals surface area contributed by atoms with E-state index in [2.05, 4.69) is 66.4 Å². The van der Waals surface area contributed by atoms with Gasteiger partial charge in [-0.3, -0.25) is 0 Å². The molecule has 0 amide bonds. The fraction of sp³-hybridized carbons (Fsp3) is 0.333. The van der Waals surface area contributed by atoms with Crippen LogP contribution in [0.15, 0.2) is 54.6 Å². The number of fused-ring (bicyclic) bond motifs is 4. The molecule has 0 spiro atoms. The Morgan fingerprint density at radius 2 is 1.35 bits per heavy atom. The van der Waals surface area contributed by atoms with Crippen molar-refractivity contribution in [3.63, 3.8) is 0 Å². The van der Waals surface area contributed by atoms with Crippen molar-refractivity contribution in [2.75, 3.05) is 0 Å². The molecule has 1 nitrogen and oxygen atoms in total. The van der Waals surface area contributed by atoms with E-state index in [1.807, 2.05) is 0 Å². The van der Waals surface area contributed by atoms with Crippen molar-refractivity contribution >= 4 is 33.3 Å². The zero-order valence-electron chi connectivity index (χ0n) is 13.0. The van der Waals surface area contributed by atoms with Crippen molar-refractivity contribution in [3.05, 3.63) is 60.2 Å². The lowest BCUT2D eigenvalue weighted by atomic mass is 9.80. The van der Waals surface area contributed by atoms with Gasteiger partial charge in [-0.05, 0) is 58.9 Å². The van der Waals surface area contributed by atoms with Crippen LogP contribution < -0.4 is 0 Å². The molecule has 5 rings (SSSR count). The third-order valence-electron chi connectivity index (χ3n) is 5.56. The molecule has 1 N–H and O–H groups in total.